The predicted molar refractivity (Wildman–Crippen MR) is 106 cm³/mol. The molecule has 148 valence electrons. The standard InChI is InChI=1S/C21H27N5O2/c1-4-25(5-2)21(28)17-14-23-19(24-15(17)3)18-8-6-7-13-26(18)20(27)16-9-11-22-12-10-16/h9-12,14,18H,4-8,13H2,1-3H3. The third kappa shape index (κ3) is 4.03. The maximum Gasteiger partial charge on any atom is 0.257 e. The lowest BCUT2D eigenvalue weighted by Crippen LogP contribution is -2.39. The number of likely N-dealkylation sites (tertiary alicyclic amines) is 1. The summed E-state index contributed by atoms with van der Waals surface area (Å²) in [5.41, 5.74) is 1.80. The van der Waals surface area contributed by atoms with Crippen LogP contribution in [-0.4, -0.2) is 56.2 Å². The number of nitrogens with zero attached hydrogens (tertiary/aromatic N) is 5. The van der Waals surface area contributed by atoms with E-state index in [1.165, 1.54) is 0 Å². The van der Waals surface area contributed by atoms with Crippen molar-refractivity contribution in [3.8, 4) is 0 Å². The van der Waals surface area contributed by atoms with Crippen LogP contribution >= 0.6 is 0 Å². The fourth-order valence-corrected chi connectivity index (χ4v) is 3.64. The fraction of sp³-hybridized carbons (Fsp3) is 0.476. The first kappa shape index (κ1) is 19.9. The third-order valence-electron chi connectivity index (χ3n) is 5.27. The van der Waals surface area contributed by atoms with Crippen molar-refractivity contribution in [2.45, 2.75) is 46.1 Å². The van der Waals surface area contributed by atoms with Crippen molar-refractivity contribution in [3.05, 3.63) is 53.4 Å². The maximum atomic E-state index is 13.0. The van der Waals surface area contributed by atoms with E-state index < -0.39 is 0 Å². The Bertz CT molecular complexity index is 836. The van der Waals surface area contributed by atoms with E-state index in [4.69, 9.17) is 0 Å². The number of carbonyl (C=O) groups is 2. The first-order valence-corrected chi connectivity index (χ1v) is 9.90. The summed E-state index contributed by atoms with van der Waals surface area (Å²) in [7, 11) is 0. The van der Waals surface area contributed by atoms with Crippen LogP contribution in [0.1, 0.15) is 71.4 Å². The molecule has 2 aromatic rings. The van der Waals surface area contributed by atoms with Crippen molar-refractivity contribution < 1.29 is 9.59 Å². The van der Waals surface area contributed by atoms with E-state index in [2.05, 4.69) is 15.0 Å². The van der Waals surface area contributed by atoms with Gasteiger partial charge in [-0.25, -0.2) is 9.97 Å². The highest BCUT2D eigenvalue weighted by atomic mass is 16.2. The predicted octanol–water partition coefficient (Wildman–Crippen LogP) is 3.03. The highest BCUT2D eigenvalue weighted by molar-refractivity contribution is 5.95. The topological polar surface area (TPSA) is 79.3 Å². The molecule has 3 heterocycles. The molecule has 7 heteroatoms. The van der Waals surface area contributed by atoms with Crippen molar-refractivity contribution >= 4 is 11.8 Å². The molecule has 1 fully saturated rings. The van der Waals surface area contributed by atoms with Gasteiger partial charge in [0.15, 0.2) is 5.82 Å². The summed E-state index contributed by atoms with van der Waals surface area (Å²) in [4.78, 5) is 42.4. The lowest BCUT2D eigenvalue weighted by Gasteiger charge is -2.35. The summed E-state index contributed by atoms with van der Waals surface area (Å²) < 4.78 is 0. The second-order valence-corrected chi connectivity index (χ2v) is 6.95. The fourth-order valence-electron chi connectivity index (χ4n) is 3.64. The second kappa shape index (κ2) is 8.91. The van der Waals surface area contributed by atoms with E-state index in [0.717, 1.165) is 19.3 Å². The Morgan fingerprint density at radius 2 is 1.89 bits per heavy atom. The normalized spacial score (nSPS) is 16.7. The number of hydrogen-bond donors (Lipinski definition) is 0. The van der Waals surface area contributed by atoms with Crippen LogP contribution in [0.5, 0.6) is 0 Å². The molecule has 2 aromatic heterocycles. The summed E-state index contributed by atoms with van der Waals surface area (Å²) in [6.45, 7) is 7.71. The van der Waals surface area contributed by atoms with Crippen molar-refractivity contribution in [3.63, 3.8) is 0 Å². The number of rotatable bonds is 5. The molecular weight excluding hydrogens is 354 g/mol. The first-order valence-electron chi connectivity index (χ1n) is 9.90. The number of aryl methyl sites for hydroxylation is 1. The van der Waals surface area contributed by atoms with Crippen molar-refractivity contribution in [2.24, 2.45) is 0 Å². The van der Waals surface area contributed by atoms with E-state index in [-0.39, 0.29) is 17.9 Å². The minimum Gasteiger partial charge on any atom is -0.339 e. The largest absolute Gasteiger partial charge is 0.339 e. The average molecular weight is 381 g/mol. The zero-order valence-corrected chi connectivity index (χ0v) is 16.8. The van der Waals surface area contributed by atoms with Gasteiger partial charge in [-0.2, -0.15) is 0 Å². The minimum absolute atomic E-state index is 0.0309. The molecule has 0 aliphatic carbocycles. The van der Waals surface area contributed by atoms with Crippen molar-refractivity contribution in [2.75, 3.05) is 19.6 Å². The Balaban J connectivity index is 1.87. The number of piperidine rings is 1. The number of pyridine rings is 1. The van der Waals surface area contributed by atoms with Gasteiger partial charge in [0.05, 0.1) is 17.3 Å². The van der Waals surface area contributed by atoms with Crippen LogP contribution in [-0.2, 0) is 0 Å². The van der Waals surface area contributed by atoms with Crippen LogP contribution in [0.15, 0.2) is 30.7 Å². The van der Waals surface area contributed by atoms with Gasteiger partial charge in [0.1, 0.15) is 0 Å². The lowest BCUT2D eigenvalue weighted by atomic mass is 10.00. The molecule has 1 atom stereocenters. The van der Waals surface area contributed by atoms with Crippen LogP contribution in [0.3, 0.4) is 0 Å². The van der Waals surface area contributed by atoms with Gasteiger partial charge >= 0.3 is 0 Å². The Morgan fingerprint density at radius 1 is 1.18 bits per heavy atom. The quantitative estimate of drug-likeness (QED) is 0.795. The first-order chi connectivity index (χ1) is 13.6. The Labute approximate surface area is 165 Å². The van der Waals surface area contributed by atoms with Gasteiger partial charge in [0.2, 0.25) is 0 Å². The lowest BCUT2D eigenvalue weighted by molar-refractivity contribution is 0.0598. The van der Waals surface area contributed by atoms with E-state index in [0.29, 0.717) is 42.3 Å². The molecule has 1 saturated heterocycles. The zero-order chi connectivity index (χ0) is 20.1. The summed E-state index contributed by atoms with van der Waals surface area (Å²) in [5.74, 6) is 0.523. The van der Waals surface area contributed by atoms with Crippen LogP contribution in [0.2, 0.25) is 0 Å². The summed E-state index contributed by atoms with van der Waals surface area (Å²) in [6.07, 6.45) is 7.67. The number of carbonyl (C=O) groups excluding carboxylic acids is 2. The SMILES string of the molecule is CCN(CC)C(=O)c1cnc(C2CCCCN2C(=O)c2ccncc2)nc1C. The summed E-state index contributed by atoms with van der Waals surface area (Å²) in [5, 5.41) is 0. The second-order valence-electron chi connectivity index (χ2n) is 6.95. The Morgan fingerprint density at radius 3 is 2.54 bits per heavy atom. The molecule has 7 nitrogen and oxygen atoms in total. The number of hydrogen-bond acceptors (Lipinski definition) is 5. The maximum absolute atomic E-state index is 13.0. The molecule has 28 heavy (non-hydrogen) atoms. The van der Waals surface area contributed by atoms with Crippen molar-refractivity contribution in [1.82, 2.24) is 24.8 Å². The number of aromatic nitrogens is 3. The van der Waals surface area contributed by atoms with E-state index >= 15 is 0 Å². The summed E-state index contributed by atoms with van der Waals surface area (Å²) >= 11 is 0. The van der Waals surface area contributed by atoms with Gasteiger partial charge in [-0.05, 0) is 52.2 Å². The molecule has 0 spiro atoms. The molecule has 0 aromatic carbocycles. The Hall–Kier alpha value is -2.83. The van der Waals surface area contributed by atoms with Gasteiger partial charge in [-0.15, -0.1) is 0 Å². The third-order valence-corrected chi connectivity index (χ3v) is 5.27. The van der Waals surface area contributed by atoms with Gasteiger partial charge in [0.25, 0.3) is 11.8 Å². The average Bonchev–Trinajstić information content (AvgIpc) is 2.74. The molecule has 1 aliphatic heterocycles. The Kier molecular flexibility index (Phi) is 6.34. The molecule has 0 radical (unpaired) electrons. The highest BCUT2D eigenvalue weighted by Gasteiger charge is 2.31. The monoisotopic (exact) mass is 381 g/mol. The highest BCUT2D eigenvalue weighted by Crippen LogP contribution is 2.30. The molecule has 1 unspecified atom stereocenters. The van der Waals surface area contributed by atoms with Crippen LogP contribution in [0.25, 0.3) is 0 Å². The van der Waals surface area contributed by atoms with E-state index in [1.54, 1.807) is 35.6 Å². The van der Waals surface area contributed by atoms with Crippen LogP contribution in [0.4, 0.5) is 0 Å². The minimum atomic E-state index is -0.175. The van der Waals surface area contributed by atoms with Crippen LogP contribution in [0, 0.1) is 6.92 Å². The van der Waals surface area contributed by atoms with Crippen LogP contribution < -0.4 is 0 Å². The molecule has 0 N–H and O–H groups in total. The molecular formula is C21H27N5O2. The van der Waals surface area contributed by atoms with E-state index in [1.807, 2.05) is 25.7 Å². The van der Waals surface area contributed by atoms with Gasteiger partial charge in [0, 0.05) is 43.8 Å². The summed E-state index contributed by atoms with van der Waals surface area (Å²) in [6, 6.07) is 3.28. The smallest absolute Gasteiger partial charge is 0.257 e. The van der Waals surface area contributed by atoms with Gasteiger partial charge in [-0.1, -0.05) is 0 Å². The zero-order valence-electron chi connectivity index (χ0n) is 16.8. The molecule has 3 rings (SSSR count). The van der Waals surface area contributed by atoms with Gasteiger partial charge in [-0.3, -0.25) is 14.6 Å². The molecule has 1 aliphatic rings. The van der Waals surface area contributed by atoms with E-state index in [9.17, 15) is 9.59 Å². The molecule has 0 saturated carbocycles. The number of amides is 2. The van der Waals surface area contributed by atoms with Crippen molar-refractivity contribution in [1.29, 1.82) is 0 Å². The molecule has 0 bridgehead atoms. The van der Waals surface area contributed by atoms with Gasteiger partial charge < -0.3 is 9.80 Å². The molecule has 2 amide bonds.